The molecule has 1 saturated heterocycles. The number of amides is 1. The highest BCUT2D eigenvalue weighted by atomic mass is 79.9. The maximum atomic E-state index is 12.6. The zero-order valence-electron chi connectivity index (χ0n) is 11.9. The van der Waals surface area contributed by atoms with Crippen molar-refractivity contribution in [3.63, 3.8) is 0 Å². The molecule has 2 heterocycles. The van der Waals surface area contributed by atoms with Crippen molar-refractivity contribution in [3.05, 3.63) is 22.3 Å². The number of hydrogen-bond acceptors (Lipinski definition) is 4. The Kier molecular flexibility index (Phi) is 5.37. The second-order valence-electron chi connectivity index (χ2n) is 4.75. The van der Waals surface area contributed by atoms with E-state index in [4.69, 9.17) is 4.74 Å². The Morgan fingerprint density at radius 1 is 1.55 bits per heavy atom. The second kappa shape index (κ2) is 7.04. The Bertz CT molecular complexity index is 473. The summed E-state index contributed by atoms with van der Waals surface area (Å²) >= 11 is 3.37. The number of pyridine rings is 1. The SMILES string of the molecule is CCOC1CCN(C(=O)c2cc(Br)cnc2NC)CC1. The molecule has 0 aliphatic carbocycles. The van der Waals surface area contributed by atoms with Crippen LogP contribution in [0.5, 0.6) is 0 Å². The first-order valence-electron chi connectivity index (χ1n) is 6.89. The molecular formula is C14H20BrN3O2. The van der Waals surface area contributed by atoms with Gasteiger partial charge in [0, 0.05) is 37.4 Å². The molecule has 0 aromatic carbocycles. The molecule has 0 saturated carbocycles. The van der Waals surface area contributed by atoms with Crippen LogP contribution in [-0.4, -0.2) is 48.6 Å². The summed E-state index contributed by atoms with van der Waals surface area (Å²) in [7, 11) is 1.77. The van der Waals surface area contributed by atoms with Crippen LogP contribution in [0, 0.1) is 0 Å². The molecule has 2 rings (SSSR count). The molecule has 20 heavy (non-hydrogen) atoms. The van der Waals surface area contributed by atoms with Crippen LogP contribution >= 0.6 is 15.9 Å². The van der Waals surface area contributed by atoms with Gasteiger partial charge in [-0.2, -0.15) is 0 Å². The summed E-state index contributed by atoms with van der Waals surface area (Å²) in [4.78, 5) is 18.7. The highest BCUT2D eigenvalue weighted by molar-refractivity contribution is 9.10. The summed E-state index contributed by atoms with van der Waals surface area (Å²) in [5.41, 5.74) is 0.608. The average Bonchev–Trinajstić information content (AvgIpc) is 2.47. The number of carbonyl (C=O) groups excluding carboxylic acids is 1. The van der Waals surface area contributed by atoms with E-state index in [2.05, 4.69) is 26.2 Å². The van der Waals surface area contributed by atoms with Gasteiger partial charge in [-0.1, -0.05) is 0 Å². The van der Waals surface area contributed by atoms with Gasteiger partial charge in [-0.25, -0.2) is 4.98 Å². The van der Waals surface area contributed by atoms with Gasteiger partial charge in [0.25, 0.3) is 5.91 Å². The fraction of sp³-hybridized carbons (Fsp3) is 0.571. The molecule has 5 nitrogen and oxygen atoms in total. The van der Waals surface area contributed by atoms with Crippen LogP contribution in [0.3, 0.4) is 0 Å². The smallest absolute Gasteiger partial charge is 0.257 e. The van der Waals surface area contributed by atoms with Crippen LogP contribution in [-0.2, 0) is 4.74 Å². The van der Waals surface area contributed by atoms with Crippen molar-refractivity contribution >= 4 is 27.7 Å². The minimum absolute atomic E-state index is 0.0260. The Hall–Kier alpha value is -1.14. The van der Waals surface area contributed by atoms with E-state index in [-0.39, 0.29) is 12.0 Å². The Morgan fingerprint density at radius 2 is 2.25 bits per heavy atom. The van der Waals surface area contributed by atoms with Gasteiger partial charge in [0.15, 0.2) is 0 Å². The first-order chi connectivity index (χ1) is 9.65. The molecule has 1 aliphatic rings. The Balaban J connectivity index is 2.07. The molecule has 1 N–H and O–H groups in total. The number of nitrogens with one attached hydrogen (secondary N) is 1. The first kappa shape index (κ1) is 15.3. The van der Waals surface area contributed by atoms with Crippen LogP contribution in [0.2, 0.25) is 0 Å². The lowest BCUT2D eigenvalue weighted by Crippen LogP contribution is -2.41. The molecule has 0 bridgehead atoms. The van der Waals surface area contributed by atoms with E-state index in [0.717, 1.165) is 37.0 Å². The maximum absolute atomic E-state index is 12.6. The number of rotatable bonds is 4. The van der Waals surface area contributed by atoms with E-state index in [9.17, 15) is 4.79 Å². The topological polar surface area (TPSA) is 54.5 Å². The number of likely N-dealkylation sites (tertiary alicyclic amines) is 1. The largest absolute Gasteiger partial charge is 0.378 e. The third-order valence-corrected chi connectivity index (χ3v) is 3.89. The minimum Gasteiger partial charge on any atom is -0.378 e. The number of halogens is 1. The summed E-state index contributed by atoms with van der Waals surface area (Å²) < 4.78 is 6.42. The lowest BCUT2D eigenvalue weighted by Gasteiger charge is -2.32. The number of nitrogens with zero attached hydrogens (tertiary/aromatic N) is 2. The van der Waals surface area contributed by atoms with Crippen LogP contribution < -0.4 is 5.32 Å². The van der Waals surface area contributed by atoms with Gasteiger partial charge >= 0.3 is 0 Å². The van der Waals surface area contributed by atoms with E-state index >= 15 is 0 Å². The van der Waals surface area contributed by atoms with Gasteiger partial charge in [-0.3, -0.25) is 4.79 Å². The van der Waals surface area contributed by atoms with Crippen molar-refractivity contribution in [3.8, 4) is 0 Å². The molecule has 0 radical (unpaired) electrons. The summed E-state index contributed by atoms with van der Waals surface area (Å²) in [6, 6.07) is 1.82. The van der Waals surface area contributed by atoms with Gasteiger partial charge in [0.1, 0.15) is 5.82 Å². The summed E-state index contributed by atoms with van der Waals surface area (Å²) in [5, 5.41) is 2.97. The first-order valence-corrected chi connectivity index (χ1v) is 7.69. The monoisotopic (exact) mass is 341 g/mol. The van der Waals surface area contributed by atoms with E-state index < -0.39 is 0 Å². The van der Waals surface area contributed by atoms with Crippen molar-refractivity contribution < 1.29 is 9.53 Å². The number of ether oxygens (including phenoxy) is 1. The fourth-order valence-corrected chi connectivity index (χ4v) is 2.76. The van der Waals surface area contributed by atoms with E-state index in [0.29, 0.717) is 11.4 Å². The fourth-order valence-electron chi connectivity index (χ4n) is 2.43. The highest BCUT2D eigenvalue weighted by Crippen LogP contribution is 2.22. The van der Waals surface area contributed by atoms with Gasteiger partial charge in [0.05, 0.1) is 11.7 Å². The Labute approximate surface area is 127 Å². The zero-order valence-corrected chi connectivity index (χ0v) is 13.4. The number of aromatic nitrogens is 1. The Morgan fingerprint density at radius 3 is 2.85 bits per heavy atom. The third-order valence-electron chi connectivity index (χ3n) is 3.45. The van der Waals surface area contributed by atoms with Crippen molar-refractivity contribution in [1.82, 2.24) is 9.88 Å². The van der Waals surface area contributed by atoms with Crippen LogP contribution in [0.4, 0.5) is 5.82 Å². The van der Waals surface area contributed by atoms with Gasteiger partial charge in [-0.15, -0.1) is 0 Å². The molecule has 0 atom stereocenters. The molecule has 6 heteroatoms. The average molecular weight is 342 g/mol. The molecule has 110 valence electrons. The van der Waals surface area contributed by atoms with E-state index in [1.807, 2.05) is 17.9 Å². The van der Waals surface area contributed by atoms with Crippen molar-refractivity contribution in [1.29, 1.82) is 0 Å². The third kappa shape index (κ3) is 3.49. The standard InChI is InChI=1S/C14H20BrN3O2/c1-3-20-11-4-6-18(7-5-11)14(19)12-8-10(15)9-17-13(12)16-2/h8-9,11H,3-7H2,1-2H3,(H,16,17). The molecule has 1 aromatic rings. The van der Waals surface area contributed by atoms with Crippen molar-refractivity contribution in [2.75, 3.05) is 32.1 Å². The zero-order chi connectivity index (χ0) is 14.5. The van der Waals surface area contributed by atoms with Crippen molar-refractivity contribution in [2.24, 2.45) is 0 Å². The molecular weight excluding hydrogens is 322 g/mol. The normalized spacial score (nSPS) is 16.2. The molecule has 1 fully saturated rings. The van der Waals surface area contributed by atoms with E-state index in [1.54, 1.807) is 13.2 Å². The van der Waals surface area contributed by atoms with E-state index in [1.165, 1.54) is 0 Å². The van der Waals surface area contributed by atoms with Crippen molar-refractivity contribution in [2.45, 2.75) is 25.9 Å². The van der Waals surface area contributed by atoms with Gasteiger partial charge in [-0.05, 0) is 41.8 Å². The van der Waals surface area contributed by atoms with Crippen LogP contribution in [0.15, 0.2) is 16.7 Å². The molecule has 1 aliphatic heterocycles. The summed E-state index contributed by atoms with van der Waals surface area (Å²) in [5.74, 6) is 0.642. The quantitative estimate of drug-likeness (QED) is 0.914. The number of piperidine rings is 1. The van der Waals surface area contributed by atoms with Gasteiger partial charge in [0.2, 0.25) is 0 Å². The summed E-state index contributed by atoms with van der Waals surface area (Å²) in [6.45, 7) is 4.21. The van der Waals surface area contributed by atoms with Crippen LogP contribution in [0.25, 0.3) is 0 Å². The highest BCUT2D eigenvalue weighted by Gasteiger charge is 2.25. The summed E-state index contributed by atoms with van der Waals surface area (Å²) in [6.07, 6.45) is 3.77. The number of carbonyl (C=O) groups is 1. The predicted octanol–water partition coefficient (Wildman–Crippen LogP) is 2.53. The lowest BCUT2D eigenvalue weighted by atomic mass is 10.1. The van der Waals surface area contributed by atoms with Crippen LogP contribution in [0.1, 0.15) is 30.1 Å². The minimum atomic E-state index is 0.0260. The van der Waals surface area contributed by atoms with Gasteiger partial charge < -0.3 is 15.0 Å². The molecule has 1 amide bonds. The predicted molar refractivity (Wildman–Crippen MR) is 82.0 cm³/mol. The lowest BCUT2D eigenvalue weighted by molar-refractivity contribution is 0.0146. The number of hydrogen-bond donors (Lipinski definition) is 1. The second-order valence-corrected chi connectivity index (χ2v) is 5.66. The molecule has 1 aromatic heterocycles. The molecule has 0 spiro atoms. The molecule has 0 unspecified atom stereocenters. The maximum Gasteiger partial charge on any atom is 0.257 e. The number of anilines is 1.